The van der Waals surface area contributed by atoms with E-state index in [4.69, 9.17) is 4.74 Å². The summed E-state index contributed by atoms with van der Waals surface area (Å²) in [5, 5.41) is 3.52. The van der Waals surface area contributed by atoms with Gasteiger partial charge in [-0.1, -0.05) is 0 Å². The van der Waals surface area contributed by atoms with Crippen molar-refractivity contribution in [2.24, 2.45) is 0 Å². The van der Waals surface area contributed by atoms with E-state index in [1.54, 1.807) is 18.2 Å². The van der Waals surface area contributed by atoms with Crippen LogP contribution in [0.15, 0.2) is 27.6 Å². The molecule has 2 fully saturated rings. The average molecular weight is 389 g/mol. The van der Waals surface area contributed by atoms with Crippen LogP contribution >= 0.6 is 15.9 Å². The first-order chi connectivity index (χ1) is 10.5. The van der Waals surface area contributed by atoms with Crippen LogP contribution < -0.4 is 14.8 Å². The van der Waals surface area contributed by atoms with E-state index >= 15 is 0 Å². The van der Waals surface area contributed by atoms with Crippen LogP contribution in [-0.2, 0) is 10.0 Å². The monoisotopic (exact) mass is 388 g/mol. The third-order valence-corrected chi connectivity index (χ3v) is 6.45. The fourth-order valence-electron chi connectivity index (χ4n) is 3.36. The molecule has 2 bridgehead atoms. The highest BCUT2D eigenvalue weighted by Gasteiger charge is 2.35. The summed E-state index contributed by atoms with van der Waals surface area (Å²) in [5.41, 5.74) is 0. The molecule has 5 nitrogen and oxygen atoms in total. The van der Waals surface area contributed by atoms with Gasteiger partial charge < -0.3 is 10.1 Å². The molecule has 0 aromatic heterocycles. The molecule has 1 aromatic carbocycles. The van der Waals surface area contributed by atoms with Gasteiger partial charge in [0.15, 0.2) is 0 Å². The lowest BCUT2D eigenvalue weighted by molar-refractivity contribution is 0.337. The fourth-order valence-corrected chi connectivity index (χ4v) is 5.29. The second-order valence-electron chi connectivity index (χ2n) is 5.95. The van der Waals surface area contributed by atoms with Crippen molar-refractivity contribution < 1.29 is 13.2 Å². The summed E-state index contributed by atoms with van der Waals surface area (Å²) in [6, 6.07) is 5.82. The van der Waals surface area contributed by atoms with Crippen molar-refractivity contribution in [2.75, 3.05) is 6.61 Å². The van der Waals surface area contributed by atoms with E-state index in [1.807, 2.05) is 6.92 Å². The maximum atomic E-state index is 12.6. The Hall–Kier alpha value is -0.630. The molecule has 0 saturated carbocycles. The number of rotatable bonds is 5. The molecule has 2 aliphatic rings. The van der Waals surface area contributed by atoms with E-state index in [-0.39, 0.29) is 10.9 Å². The van der Waals surface area contributed by atoms with Gasteiger partial charge in [-0.3, -0.25) is 0 Å². The Bertz CT molecular complexity index is 638. The smallest absolute Gasteiger partial charge is 0.240 e. The molecule has 3 rings (SSSR count). The van der Waals surface area contributed by atoms with Crippen LogP contribution in [0.5, 0.6) is 5.75 Å². The number of piperidine rings is 1. The van der Waals surface area contributed by atoms with Crippen molar-refractivity contribution in [3.8, 4) is 5.75 Å². The van der Waals surface area contributed by atoms with Gasteiger partial charge in [-0.25, -0.2) is 13.1 Å². The van der Waals surface area contributed by atoms with Gasteiger partial charge >= 0.3 is 0 Å². The third kappa shape index (κ3) is 3.48. The predicted octanol–water partition coefficient (Wildman–Crippen LogP) is 2.41. The van der Waals surface area contributed by atoms with Crippen LogP contribution in [0.4, 0.5) is 0 Å². The molecule has 2 heterocycles. The zero-order valence-corrected chi connectivity index (χ0v) is 14.9. The largest absolute Gasteiger partial charge is 0.493 e. The van der Waals surface area contributed by atoms with E-state index in [1.165, 1.54) is 0 Å². The number of hydrogen-bond donors (Lipinski definition) is 2. The summed E-state index contributed by atoms with van der Waals surface area (Å²) in [4.78, 5) is 0.272. The van der Waals surface area contributed by atoms with Gasteiger partial charge in [0.05, 0.1) is 16.0 Å². The van der Waals surface area contributed by atoms with Crippen LogP contribution in [0.1, 0.15) is 32.6 Å². The molecule has 22 heavy (non-hydrogen) atoms. The summed E-state index contributed by atoms with van der Waals surface area (Å²) in [7, 11) is -3.50. The summed E-state index contributed by atoms with van der Waals surface area (Å²) in [6.45, 7) is 2.44. The van der Waals surface area contributed by atoms with E-state index in [0.717, 1.165) is 25.7 Å². The highest BCUT2D eigenvalue weighted by atomic mass is 79.9. The Balaban J connectivity index is 1.74. The SMILES string of the molecule is CCOc1ccc(S(=O)(=O)NC2CC3CCC(C2)N3)cc1Br. The fraction of sp³-hybridized carbons (Fsp3) is 0.600. The summed E-state index contributed by atoms with van der Waals surface area (Å²) in [5.74, 6) is 0.654. The Labute approximate surface area is 140 Å². The number of sulfonamides is 1. The number of halogens is 1. The van der Waals surface area contributed by atoms with Crippen molar-refractivity contribution in [1.29, 1.82) is 0 Å². The molecular formula is C15H21BrN2O3S. The number of benzene rings is 1. The molecule has 1 aromatic rings. The molecule has 0 spiro atoms. The van der Waals surface area contributed by atoms with E-state index in [2.05, 4.69) is 26.0 Å². The second kappa shape index (κ2) is 6.47. The number of nitrogens with one attached hydrogen (secondary N) is 2. The maximum Gasteiger partial charge on any atom is 0.240 e. The zero-order chi connectivity index (χ0) is 15.7. The Kier molecular flexibility index (Phi) is 4.77. The average Bonchev–Trinajstić information content (AvgIpc) is 2.80. The standard InChI is InChI=1S/C15H21BrN2O3S/c1-2-21-15-6-5-13(9-14(15)16)22(19,20)18-12-7-10-3-4-11(8-12)17-10/h5-6,9-12,17-18H,2-4,7-8H2,1H3. The second-order valence-corrected chi connectivity index (χ2v) is 8.52. The van der Waals surface area contributed by atoms with Crippen molar-refractivity contribution in [3.05, 3.63) is 22.7 Å². The lowest BCUT2D eigenvalue weighted by Gasteiger charge is -2.29. The zero-order valence-electron chi connectivity index (χ0n) is 12.5. The van der Waals surface area contributed by atoms with Crippen LogP contribution in [0.25, 0.3) is 0 Å². The Morgan fingerprint density at radius 2 is 2.00 bits per heavy atom. The van der Waals surface area contributed by atoms with Gasteiger partial charge in [-0.05, 0) is 66.7 Å². The third-order valence-electron chi connectivity index (χ3n) is 4.31. The molecule has 2 unspecified atom stereocenters. The lowest BCUT2D eigenvalue weighted by Crippen LogP contribution is -2.47. The van der Waals surface area contributed by atoms with Gasteiger partial charge in [0.25, 0.3) is 0 Å². The first-order valence-electron chi connectivity index (χ1n) is 7.68. The van der Waals surface area contributed by atoms with Crippen LogP contribution in [-0.4, -0.2) is 33.2 Å². The van der Waals surface area contributed by atoms with Gasteiger partial charge in [0.1, 0.15) is 5.75 Å². The quantitative estimate of drug-likeness (QED) is 0.812. The van der Waals surface area contributed by atoms with Crippen molar-refractivity contribution in [2.45, 2.75) is 55.6 Å². The first kappa shape index (κ1) is 16.2. The molecule has 122 valence electrons. The Morgan fingerprint density at radius 3 is 2.59 bits per heavy atom. The minimum Gasteiger partial charge on any atom is -0.493 e. The van der Waals surface area contributed by atoms with Crippen LogP contribution in [0, 0.1) is 0 Å². The molecule has 2 saturated heterocycles. The van der Waals surface area contributed by atoms with Crippen molar-refractivity contribution >= 4 is 26.0 Å². The number of ether oxygens (including phenoxy) is 1. The maximum absolute atomic E-state index is 12.6. The van der Waals surface area contributed by atoms with E-state index in [9.17, 15) is 8.42 Å². The van der Waals surface area contributed by atoms with Gasteiger partial charge in [0, 0.05) is 18.1 Å². The lowest BCUT2D eigenvalue weighted by atomic mass is 10.0. The minimum absolute atomic E-state index is 0.0223. The number of fused-ring (bicyclic) bond motifs is 2. The van der Waals surface area contributed by atoms with Gasteiger partial charge in [-0.2, -0.15) is 0 Å². The first-order valence-corrected chi connectivity index (χ1v) is 9.96. The molecule has 2 atom stereocenters. The molecule has 7 heteroatoms. The topological polar surface area (TPSA) is 67.4 Å². The molecule has 0 radical (unpaired) electrons. The summed E-state index contributed by atoms with van der Waals surface area (Å²) >= 11 is 3.37. The van der Waals surface area contributed by atoms with Crippen LogP contribution in [0.2, 0.25) is 0 Å². The minimum atomic E-state index is -3.50. The van der Waals surface area contributed by atoms with Crippen molar-refractivity contribution in [1.82, 2.24) is 10.0 Å². The van der Waals surface area contributed by atoms with Crippen LogP contribution in [0.3, 0.4) is 0 Å². The summed E-state index contributed by atoms with van der Waals surface area (Å²) < 4.78 is 34.1. The van der Waals surface area contributed by atoms with E-state index < -0.39 is 10.0 Å². The number of hydrogen-bond acceptors (Lipinski definition) is 4. The van der Waals surface area contributed by atoms with Crippen molar-refractivity contribution in [3.63, 3.8) is 0 Å². The molecule has 0 aliphatic carbocycles. The molecule has 2 aliphatic heterocycles. The normalized spacial score (nSPS) is 27.8. The Morgan fingerprint density at radius 1 is 1.32 bits per heavy atom. The summed E-state index contributed by atoms with van der Waals surface area (Å²) in [6.07, 6.45) is 4.04. The highest BCUT2D eigenvalue weighted by molar-refractivity contribution is 9.10. The van der Waals surface area contributed by atoms with E-state index in [0.29, 0.717) is 28.9 Å². The van der Waals surface area contributed by atoms with Gasteiger partial charge in [0.2, 0.25) is 10.0 Å². The predicted molar refractivity (Wildman–Crippen MR) is 88.6 cm³/mol. The molecule has 2 N–H and O–H groups in total. The highest BCUT2D eigenvalue weighted by Crippen LogP contribution is 2.30. The molecular weight excluding hydrogens is 368 g/mol. The van der Waals surface area contributed by atoms with Gasteiger partial charge in [-0.15, -0.1) is 0 Å². The molecule has 0 amide bonds.